The summed E-state index contributed by atoms with van der Waals surface area (Å²) in [6, 6.07) is 5.29. The molecule has 3 rings (SSSR count). The molecular formula is C18H19FN2O5. The number of benzene rings is 1. The number of fused-ring (bicyclic) bond motifs is 1. The molecule has 0 spiro atoms. The van der Waals surface area contributed by atoms with E-state index < -0.39 is 30.8 Å². The van der Waals surface area contributed by atoms with Crippen molar-refractivity contribution >= 4 is 29.4 Å². The lowest BCUT2D eigenvalue weighted by atomic mass is 9.81. The number of carbonyl (C=O) groups excluding carboxylic acids is 4. The highest BCUT2D eigenvalue weighted by Crippen LogP contribution is 2.37. The van der Waals surface area contributed by atoms with Crippen LogP contribution in [0.5, 0.6) is 0 Å². The summed E-state index contributed by atoms with van der Waals surface area (Å²) >= 11 is 0. The van der Waals surface area contributed by atoms with E-state index in [-0.39, 0.29) is 29.3 Å². The van der Waals surface area contributed by atoms with Crippen molar-refractivity contribution in [3.8, 4) is 0 Å². The zero-order chi connectivity index (χ0) is 18.7. The van der Waals surface area contributed by atoms with Gasteiger partial charge in [0.15, 0.2) is 6.61 Å². The maximum atomic E-state index is 13.1. The van der Waals surface area contributed by atoms with Crippen molar-refractivity contribution in [2.75, 3.05) is 18.5 Å². The van der Waals surface area contributed by atoms with E-state index in [1.807, 2.05) is 0 Å². The van der Waals surface area contributed by atoms with E-state index >= 15 is 0 Å². The van der Waals surface area contributed by atoms with Crippen molar-refractivity contribution in [1.29, 1.82) is 0 Å². The number of halogens is 1. The summed E-state index contributed by atoms with van der Waals surface area (Å²) in [4.78, 5) is 49.1. The molecule has 1 aromatic carbocycles. The first-order valence-electron chi connectivity index (χ1n) is 8.52. The Kier molecular flexibility index (Phi) is 5.29. The number of hydrogen-bond acceptors (Lipinski definition) is 5. The highest BCUT2D eigenvalue weighted by Gasteiger charge is 2.48. The maximum absolute atomic E-state index is 13.1. The third-order valence-electron chi connectivity index (χ3n) is 4.69. The molecule has 1 aliphatic carbocycles. The van der Waals surface area contributed by atoms with Crippen LogP contribution in [0.2, 0.25) is 0 Å². The first kappa shape index (κ1) is 18.0. The molecule has 1 heterocycles. The Balaban J connectivity index is 1.49. The van der Waals surface area contributed by atoms with Gasteiger partial charge in [0.05, 0.1) is 11.8 Å². The molecule has 26 heavy (non-hydrogen) atoms. The topological polar surface area (TPSA) is 92.8 Å². The SMILES string of the molecule is O=C(COC(=O)CN1C(=O)[C@@H]2CCCC[C@H]2C1=O)Nc1cccc(F)c1. The minimum absolute atomic E-state index is 0.236. The Bertz CT molecular complexity index is 727. The van der Waals surface area contributed by atoms with Gasteiger partial charge in [-0.3, -0.25) is 24.1 Å². The summed E-state index contributed by atoms with van der Waals surface area (Å²) in [7, 11) is 0. The molecule has 0 bridgehead atoms. The van der Waals surface area contributed by atoms with Crippen LogP contribution in [0.25, 0.3) is 0 Å². The zero-order valence-electron chi connectivity index (χ0n) is 14.1. The normalized spacial score (nSPS) is 22.1. The number of likely N-dealkylation sites (tertiary alicyclic amines) is 1. The standard InChI is InChI=1S/C18H19FN2O5/c19-11-4-3-5-12(8-11)20-15(22)10-26-16(23)9-21-17(24)13-6-1-2-7-14(13)18(21)25/h3-5,8,13-14H,1-2,6-7,9-10H2,(H,20,22)/t13-,14-/m1/s1. The lowest BCUT2D eigenvalue weighted by Gasteiger charge is -2.19. The van der Waals surface area contributed by atoms with Gasteiger partial charge >= 0.3 is 5.97 Å². The molecule has 3 amide bonds. The second-order valence-electron chi connectivity index (χ2n) is 6.48. The largest absolute Gasteiger partial charge is 0.454 e. The Morgan fingerprint density at radius 1 is 1.15 bits per heavy atom. The van der Waals surface area contributed by atoms with Gasteiger partial charge in [0.2, 0.25) is 11.8 Å². The number of anilines is 1. The average molecular weight is 362 g/mol. The fourth-order valence-electron chi connectivity index (χ4n) is 3.47. The van der Waals surface area contributed by atoms with Gasteiger partial charge in [-0.15, -0.1) is 0 Å². The quantitative estimate of drug-likeness (QED) is 0.633. The summed E-state index contributed by atoms with van der Waals surface area (Å²) in [5, 5.41) is 2.39. The van der Waals surface area contributed by atoms with E-state index in [1.54, 1.807) is 0 Å². The Labute approximate surface area is 149 Å². The van der Waals surface area contributed by atoms with Gasteiger partial charge in [0.1, 0.15) is 12.4 Å². The lowest BCUT2D eigenvalue weighted by molar-refractivity contribution is -0.154. The van der Waals surface area contributed by atoms with Crippen LogP contribution in [-0.4, -0.2) is 41.7 Å². The molecule has 0 radical (unpaired) electrons. The van der Waals surface area contributed by atoms with Crippen LogP contribution in [0, 0.1) is 17.7 Å². The molecule has 0 aromatic heterocycles. The second kappa shape index (κ2) is 7.63. The van der Waals surface area contributed by atoms with Crippen LogP contribution in [-0.2, 0) is 23.9 Å². The molecular weight excluding hydrogens is 343 g/mol. The van der Waals surface area contributed by atoms with E-state index in [0.29, 0.717) is 12.8 Å². The fraction of sp³-hybridized carbons (Fsp3) is 0.444. The van der Waals surface area contributed by atoms with E-state index in [2.05, 4.69) is 5.32 Å². The fourth-order valence-corrected chi connectivity index (χ4v) is 3.47. The molecule has 1 aliphatic heterocycles. The minimum Gasteiger partial charge on any atom is -0.454 e. The highest BCUT2D eigenvalue weighted by molar-refractivity contribution is 6.07. The number of esters is 1. The summed E-state index contributed by atoms with van der Waals surface area (Å²) < 4.78 is 17.9. The van der Waals surface area contributed by atoms with Crippen LogP contribution in [0.3, 0.4) is 0 Å². The average Bonchev–Trinajstić information content (AvgIpc) is 2.85. The molecule has 1 saturated carbocycles. The Morgan fingerprint density at radius 2 is 1.81 bits per heavy atom. The van der Waals surface area contributed by atoms with Crippen LogP contribution < -0.4 is 5.32 Å². The third-order valence-corrected chi connectivity index (χ3v) is 4.69. The van der Waals surface area contributed by atoms with E-state index in [1.165, 1.54) is 18.2 Å². The van der Waals surface area contributed by atoms with Gasteiger partial charge < -0.3 is 10.1 Å². The molecule has 2 atom stereocenters. The van der Waals surface area contributed by atoms with Gasteiger partial charge in [0, 0.05) is 5.69 Å². The lowest BCUT2D eigenvalue weighted by Crippen LogP contribution is -2.37. The van der Waals surface area contributed by atoms with Gasteiger partial charge in [-0.1, -0.05) is 18.9 Å². The molecule has 138 valence electrons. The molecule has 7 nitrogen and oxygen atoms in total. The molecule has 0 unspecified atom stereocenters. The number of amides is 3. The second-order valence-corrected chi connectivity index (χ2v) is 6.48. The van der Waals surface area contributed by atoms with Crippen molar-refractivity contribution in [2.24, 2.45) is 11.8 Å². The predicted octanol–water partition coefficient (Wildman–Crippen LogP) is 1.48. The summed E-state index contributed by atoms with van der Waals surface area (Å²) in [5.41, 5.74) is 0.236. The maximum Gasteiger partial charge on any atom is 0.326 e. The van der Waals surface area contributed by atoms with Crippen molar-refractivity contribution in [3.05, 3.63) is 30.1 Å². The zero-order valence-corrected chi connectivity index (χ0v) is 14.1. The number of ether oxygens (including phenoxy) is 1. The van der Waals surface area contributed by atoms with Crippen LogP contribution >= 0.6 is 0 Å². The molecule has 2 aliphatic rings. The van der Waals surface area contributed by atoms with Crippen LogP contribution in [0.4, 0.5) is 10.1 Å². The van der Waals surface area contributed by atoms with Gasteiger partial charge in [-0.25, -0.2) is 4.39 Å². The van der Waals surface area contributed by atoms with Crippen LogP contribution in [0.15, 0.2) is 24.3 Å². The molecule has 1 aromatic rings. The van der Waals surface area contributed by atoms with E-state index in [4.69, 9.17) is 4.74 Å². The van der Waals surface area contributed by atoms with Gasteiger partial charge in [-0.05, 0) is 31.0 Å². The summed E-state index contributed by atoms with van der Waals surface area (Å²) in [5.74, 6) is -3.31. The number of hydrogen-bond donors (Lipinski definition) is 1. The van der Waals surface area contributed by atoms with Crippen molar-refractivity contribution in [3.63, 3.8) is 0 Å². The number of carbonyl (C=O) groups is 4. The minimum atomic E-state index is -0.834. The molecule has 2 fully saturated rings. The Morgan fingerprint density at radius 3 is 2.42 bits per heavy atom. The summed E-state index contributed by atoms with van der Waals surface area (Å²) in [6.45, 7) is -1.07. The Hall–Kier alpha value is -2.77. The number of imide groups is 1. The highest BCUT2D eigenvalue weighted by atomic mass is 19.1. The predicted molar refractivity (Wildman–Crippen MR) is 88.2 cm³/mol. The smallest absolute Gasteiger partial charge is 0.326 e. The number of nitrogens with zero attached hydrogens (tertiary/aromatic N) is 1. The first-order chi connectivity index (χ1) is 12.5. The van der Waals surface area contributed by atoms with Crippen molar-refractivity contribution in [2.45, 2.75) is 25.7 Å². The van der Waals surface area contributed by atoms with E-state index in [9.17, 15) is 23.6 Å². The number of rotatable bonds is 5. The van der Waals surface area contributed by atoms with Crippen molar-refractivity contribution < 1.29 is 28.3 Å². The van der Waals surface area contributed by atoms with Crippen molar-refractivity contribution in [1.82, 2.24) is 4.90 Å². The third kappa shape index (κ3) is 3.89. The summed E-state index contributed by atoms with van der Waals surface area (Å²) in [6.07, 6.45) is 3.13. The van der Waals surface area contributed by atoms with Crippen LogP contribution in [0.1, 0.15) is 25.7 Å². The molecule has 1 N–H and O–H groups in total. The first-order valence-corrected chi connectivity index (χ1v) is 8.52. The monoisotopic (exact) mass is 362 g/mol. The molecule has 1 saturated heterocycles. The van der Waals surface area contributed by atoms with Gasteiger partial charge in [0.25, 0.3) is 5.91 Å². The van der Waals surface area contributed by atoms with E-state index in [0.717, 1.165) is 23.8 Å². The van der Waals surface area contributed by atoms with Gasteiger partial charge in [-0.2, -0.15) is 0 Å². The molecule has 8 heteroatoms. The number of nitrogens with one attached hydrogen (secondary N) is 1.